The third-order valence-electron chi connectivity index (χ3n) is 2.81. The van der Waals surface area contributed by atoms with E-state index in [1.807, 2.05) is 30.5 Å². The Morgan fingerprint density at radius 3 is 2.67 bits per heavy atom. The van der Waals surface area contributed by atoms with E-state index in [2.05, 4.69) is 21.4 Å². The summed E-state index contributed by atoms with van der Waals surface area (Å²) in [5.74, 6) is 0.428. The van der Waals surface area contributed by atoms with E-state index in [0.29, 0.717) is 22.2 Å². The van der Waals surface area contributed by atoms with Crippen LogP contribution in [0.2, 0.25) is 0 Å². The number of hydrogen-bond donors (Lipinski definition) is 1. The molecular weight excluding hydrogens is 303 g/mol. The lowest BCUT2D eigenvalue weighted by molar-refractivity contribution is 0.588. The molecule has 0 saturated heterocycles. The number of benzene rings is 1. The van der Waals surface area contributed by atoms with Crippen molar-refractivity contribution in [3.63, 3.8) is 0 Å². The minimum Gasteiger partial charge on any atom is -0.338 e. The van der Waals surface area contributed by atoms with Crippen molar-refractivity contribution in [2.75, 3.05) is 24.9 Å². The molecule has 0 atom stereocenters. The Kier molecular flexibility index (Phi) is 4.66. The van der Waals surface area contributed by atoms with Gasteiger partial charge in [-0.15, -0.1) is 0 Å². The summed E-state index contributed by atoms with van der Waals surface area (Å²) >= 11 is 1.40. The van der Waals surface area contributed by atoms with Crippen LogP contribution in [0.15, 0.2) is 35.6 Å². The molecule has 0 unspecified atom stereocenters. The Bertz CT molecular complexity index is 751. The van der Waals surface area contributed by atoms with Gasteiger partial charge in [-0.05, 0) is 31.7 Å². The molecule has 1 aromatic carbocycles. The molecule has 0 bridgehead atoms. The van der Waals surface area contributed by atoms with Gasteiger partial charge in [0, 0.05) is 5.30 Å². The van der Waals surface area contributed by atoms with Crippen molar-refractivity contribution in [1.82, 2.24) is 9.97 Å². The first-order chi connectivity index (χ1) is 9.95. The smallest absolute Gasteiger partial charge is 0.189 e. The molecule has 21 heavy (non-hydrogen) atoms. The molecule has 5 nitrogen and oxygen atoms in total. The second-order valence-electron chi connectivity index (χ2n) is 4.72. The Morgan fingerprint density at radius 2 is 2.05 bits per heavy atom. The zero-order chi connectivity index (χ0) is 15.5. The average molecular weight is 318 g/mol. The molecular formula is C14H15N4OPS. The van der Waals surface area contributed by atoms with Crippen LogP contribution in [0.5, 0.6) is 0 Å². The van der Waals surface area contributed by atoms with E-state index in [-0.39, 0.29) is 0 Å². The fraction of sp³-hybridized carbons (Fsp3) is 0.214. The number of anilines is 2. The first kappa shape index (κ1) is 15.6. The van der Waals surface area contributed by atoms with Crippen LogP contribution < -0.4 is 10.6 Å². The van der Waals surface area contributed by atoms with Gasteiger partial charge in [-0.1, -0.05) is 23.9 Å². The van der Waals surface area contributed by atoms with Crippen molar-refractivity contribution in [3.05, 3.63) is 36.0 Å². The number of nitrogens with one attached hydrogen (secondary N) is 1. The van der Waals surface area contributed by atoms with Crippen LogP contribution in [0.25, 0.3) is 0 Å². The van der Waals surface area contributed by atoms with Gasteiger partial charge in [-0.3, -0.25) is 0 Å². The van der Waals surface area contributed by atoms with Gasteiger partial charge in [0.1, 0.15) is 18.8 Å². The number of para-hydroxylation sites is 1. The van der Waals surface area contributed by atoms with Crippen molar-refractivity contribution in [1.29, 1.82) is 5.26 Å². The SMILES string of the molecule is CSc1ncc(C#N)c(Nc2ccccc2P(C)(C)=O)n1. The minimum atomic E-state index is -2.43. The maximum Gasteiger partial charge on any atom is 0.189 e. The lowest BCUT2D eigenvalue weighted by Crippen LogP contribution is -2.11. The minimum absolute atomic E-state index is 0.352. The van der Waals surface area contributed by atoms with Gasteiger partial charge in [-0.25, -0.2) is 9.97 Å². The Morgan fingerprint density at radius 1 is 1.33 bits per heavy atom. The van der Waals surface area contributed by atoms with E-state index < -0.39 is 7.14 Å². The van der Waals surface area contributed by atoms with Gasteiger partial charge in [0.05, 0.1) is 11.9 Å². The molecule has 7 heteroatoms. The summed E-state index contributed by atoms with van der Waals surface area (Å²) in [5.41, 5.74) is 1.05. The molecule has 1 aromatic heterocycles. The van der Waals surface area contributed by atoms with Gasteiger partial charge in [0.2, 0.25) is 0 Å². The fourth-order valence-corrected chi connectivity index (χ4v) is 3.31. The maximum absolute atomic E-state index is 12.4. The molecule has 0 amide bonds. The van der Waals surface area contributed by atoms with Crippen molar-refractivity contribution in [2.45, 2.75) is 5.16 Å². The number of nitriles is 1. The van der Waals surface area contributed by atoms with Gasteiger partial charge < -0.3 is 9.88 Å². The highest BCUT2D eigenvalue weighted by atomic mass is 32.2. The standard InChI is InChI=1S/C14H15N4OPS/c1-20(2,19)12-7-5-4-6-11(12)17-13-10(8-15)9-16-14(18-13)21-3/h4-7,9H,1-3H3,(H,16,17,18). The topological polar surface area (TPSA) is 78.7 Å². The van der Waals surface area contributed by atoms with E-state index >= 15 is 0 Å². The molecule has 2 rings (SSSR count). The Hall–Kier alpha value is -1.83. The maximum atomic E-state index is 12.4. The number of rotatable bonds is 4. The van der Waals surface area contributed by atoms with Crippen LogP contribution in [-0.2, 0) is 4.57 Å². The Labute approximate surface area is 128 Å². The van der Waals surface area contributed by atoms with Crippen molar-refractivity contribution < 1.29 is 4.57 Å². The zero-order valence-electron chi connectivity index (χ0n) is 12.0. The first-order valence-electron chi connectivity index (χ1n) is 6.18. The predicted octanol–water partition coefficient (Wildman–Crippen LogP) is 3.06. The quantitative estimate of drug-likeness (QED) is 0.530. The summed E-state index contributed by atoms with van der Waals surface area (Å²) in [6.07, 6.45) is 3.35. The second kappa shape index (κ2) is 6.30. The highest BCUT2D eigenvalue weighted by molar-refractivity contribution is 7.98. The highest BCUT2D eigenvalue weighted by Gasteiger charge is 2.17. The van der Waals surface area contributed by atoms with Gasteiger partial charge in [0.15, 0.2) is 11.0 Å². The van der Waals surface area contributed by atoms with Gasteiger partial charge in [0.25, 0.3) is 0 Å². The number of aromatic nitrogens is 2. The van der Waals surface area contributed by atoms with Crippen LogP contribution in [-0.4, -0.2) is 29.6 Å². The number of nitrogens with zero attached hydrogens (tertiary/aromatic N) is 3. The van der Waals surface area contributed by atoms with E-state index in [1.165, 1.54) is 18.0 Å². The number of hydrogen-bond acceptors (Lipinski definition) is 6. The summed E-state index contributed by atoms with van der Waals surface area (Å²) in [6.45, 7) is 3.43. The van der Waals surface area contributed by atoms with Crippen LogP contribution in [0.3, 0.4) is 0 Å². The molecule has 0 aliphatic carbocycles. The lowest BCUT2D eigenvalue weighted by atomic mass is 10.3. The van der Waals surface area contributed by atoms with E-state index in [4.69, 9.17) is 5.26 Å². The van der Waals surface area contributed by atoms with E-state index in [9.17, 15) is 4.57 Å². The number of thioether (sulfide) groups is 1. The van der Waals surface area contributed by atoms with Gasteiger partial charge >= 0.3 is 0 Å². The average Bonchev–Trinajstić information content (AvgIpc) is 2.46. The summed E-state index contributed by atoms with van der Waals surface area (Å²) in [7, 11) is -2.43. The molecule has 0 aliphatic heterocycles. The van der Waals surface area contributed by atoms with E-state index in [1.54, 1.807) is 13.3 Å². The third-order valence-corrected chi connectivity index (χ3v) is 4.92. The summed E-state index contributed by atoms with van der Waals surface area (Å²) in [5, 5.41) is 13.6. The fourth-order valence-electron chi connectivity index (χ4n) is 1.82. The normalized spacial score (nSPS) is 11.0. The van der Waals surface area contributed by atoms with Crippen LogP contribution >= 0.6 is 18.9 Å². The van der Waals surface area contributed by atoms with Crippen LogP contribution in [0.4, 0.5) is 11.5 Å². The van der Waals surface area contributed by atoms with Crippen molar-refractivity contribution in [3.8, 4) is 6.07 Å². The van der Waals surface area contributed by atoms with E-state index in [0.717, 1.165) is 5.30 Å². The molecule has 1 heterocycles. The molecule has 0 radical (unpaired) electrons. The van der Waals surface area contributed by atoms with Crippen LogP contribution in [0.1, 0.15) is 5.56 Å². The monoisotopic (exact) mass is 318 g/mol. The molecule has 1 N–H and O–H groups in total. The summed E-state index contributed by atoms with van der Waals surface area (Å²) < 4.78 is 12.4. The summed E-state index contributed by atoms with van der Waals surface area (Å²) in [6, 6.07) is 9.41. The van der Waals surface area contributed by atoms with Crippen LogP contribution in [0, 0.1) is 11.3 Å². The third kappa shape index (κ3) is 3.63. The second-order valence-corrected chi connectivity index (χ2v) is 8.68. The summed E-state index contributed by atoms with van der Waals surface area (Å²) in [4.78, 5) is 8.39. The highest BCUT2D eigenvalue weighted by Crippen LogP contribution is 2.38. The zero-order valence-corrected chi connectivity index (χ0v) is 13.7. The molecule has 2 aromatic rings. The molecule has 0 spiro atoms. The molecule has 108 valence electrons. The van der Waals surface area contributed by atoms with Crippen molar-refractivity contribution >= 4 is 35.7 Å². The molecule has 0 fully saturated rings. The molecule has 0 saturated carbocycles. The van der Waals surface area contributed by atoms with Crippen molar-refractivity contribution in [2.24, 2.45) is 0 Å². The Balaban J connectivity index is 2.49. The first-order valence-corrected chi connectivity index (χ1v) is 10.0. The largest absolute Gasteiger partial charge is 0.338 e. The van der Waals surface area contributed by atoms with Gasteiger partial charge in [-0.2, -0.15) is 5.26 Å². The predicted molar refractivity (Wildman–Crippen MR) is 87.3 cm³/mol. The molecule has 0 aliphatic rings. The lowest BCUT2D eigenvalue weighted by Gasteiger charge is -2.15.